The van der Waals surface area contributed by atoms with Crippen LogP contribution in [0, 0.1) is 0 Å². The molecule has 0 aromatic heterocycles. The maximum Gasteiger partial charge on any atom is 0.338 e. The number of carbonyl (C=O) groups is 3. The van der Waals surface area contributed by atoms with Crippen LogP contribution in [-0.2, 0) is 4.79 Å². The second-order valence-electron chi connectivity index (χ2n) is 6.75. The smallest absolute Gasteiger partial charge is 0.338 e. The molecule has 3 aromatic carbocycles. The first-order chi connectivity index (χ1) is 16.5. The summed E-state index contributed by atoms with van der Waals surface area (Å²) in [5.74, 6) is -2.64. The molecule has 13 heteroatoms. The van der Waals surface area contributed by atoms with Crippen molar-refractivity contribution in [3.63, 3.8) is 0 Å². The lowest BCUT2D eigenvalue weighted by atomic mass is 10.1. The van der Waals surface area contributed by atoms with Crippen LogP contribution in [0.3, 0.4) is 0 Å². The Hall–Kier alpha value is -1.84. The average molecular weight is 613 g/mol. The second kappa shape index (κ2) is 11.9. The number of anilines is 2. The SMILES string of the molecule is O=C(CSc1cccc(NC(=O)c2c(Cl)c(Cl)c(Cl)c(Cl)c2C(=O)O)c1)Nc1cc(Cl)ccc1Cl. The van der Waals surface area contributed by atoms with E-state index in [4.69, 9.17) is 69.6 Å². The first-order valence-corrected chi connectivity index (χ1v) is 12.6. The summed E-state index contributed by atoms with van der Waals surface area (Å²) in [4.78, 5) is 37.6. The van der Waals surface area contributed by atoms with E-state index in [2.05, 4.69) is 10.6 Å². The van der Waals surface area contributed by atoms with Crippen molar-refractivity contribution < 1.29 is 19.5 Å². The minimum atomic E-state index is -1.50. The van der Waals surface area contributed by atoms with Gasteiger partial charge >= 0.3 is 5.97 Å². The quantitative estimate of drug-likeness (QED) is 0.142. The number of aromatic carboxylic acids is 1. The van der Waals surface area contributed by atoms with Gasteiger partial charge in [-0.05, 0) is 36.4 Å². The van der Waals surface area contributed by atoms with E-state index < -0.39 is 28.0 Å². The minimum absolute atomic E-state index is 0.0393. The zero-order valence-corrected chi connectivity index (χ0v) is 22.4. The number of halogens is 6. The first kappa shape index (κ1) is 27.7. The van der Waals surface area contributed by atoms with Crippen molar-refractivity contribution in [1.29, 1.82) is 0 Å². The normalized spacial score (nSPS) is 10.7. The van der Waals surface area contributed by atoms with Crippen molar-refractivity contribution in [2.45, 2.75) is 4.90 Å². The number of thioether (sulfide) groups is 1. The van der Waals surface area contributed by atoms with E-state index in [-0.39, 0.29) is 26.7 Å². The number of carboxylic acid groups (broad SMARTS) is 1. The van der Waals surface area contributed by atoms with Gasteiger partial charge < -0.3 is 15.7 Å². The van der Waals surface area contributed by atoms with E-state index in [1.54, 1.807) is 36.4 Å². The summed E-state index contributed by atoms with van der Waals surface area (Å²) in [6, 6.07) is 11.2. The summed E-state index contributed by atoms with van der Waals surface area (Å²) >= 11 is 37.2. The summed E-state index contributed by atoms with van der Waals surface area (Å²) in [5.41, 5.74) is -0.315. The fraction of sp³-hybridized carbons (Fsp3) is 0.0455. The Labute approximate surface area is 233 Å². The number of rotatable bonds is 7. The number of benzene rings is 3. The van der Waals surface area contributed by atoms with Gasteiger partial charge in [0.05, 0.1) is 47.7 Å². The van der Waals surface area contributed by atoms with Gasteiger partial charge in [-0.1, -0.05) is 75.7 Å². The molecule has 0 atom stereocenters. The van der Waals surface area contributed by atoms with Gasteiger partial charge in [-0.2, -0.15) is 0 Å². The summed E-state index contributed by atoms with van der Waals surface area (Å²) in [7, 11) is 0. The number of amides is 2. The van der Waals surface area contributed by atoms with E-state index in [1.807, 2.05) is 0 Å². The highest BCUT2D eigenvalue weighted by Crippen LogP contribution is 2.42. The van der Waals surface area contributed by atoms with Gasteiger partial charge in [0.2, 0.25) is 5.91 Å². The van der Waals surface area contributed by atoms with Crippen molar-refractivity contribution in [2.24, 2.45) is 0 Å². The van der Waals surface area contributed by atoms with Crippen molar-refractivity contribution in [2.75, 3.05) is 16.4 Å². The summed E-state index contributed by atoms with van der Waals surface area (Å²) in [5, 5.41) is 14.2. The topological polar surface area (TPSA) is 95.5 Å². The van der Waals surface area contributed by atoms with Gasteiger partial charge in [-0.25, -0.2) is 4.79 Å². The summed E-state index contributed by atoms with van der Waals surface area (Å²) in [6.07, 6.45) is 0. The van der Waals surface area contributed by atoms with Crippen LogP contribution in [0.1, 0.15) is 20.7 Å². The average Bonchev–Trinajstić information content (AvgIpc) is 2.80. The van der Waals surface area contributed by atoms with Crippen LogP contribution in [0.25, 0.3) is 0 Å². The second-order valence-corrected chi connectivity index (χ2v) is 10.2. The summed E-state index contributed by atoms with van der Waals surface area (Å²) in [6.45, 7) is 0. The third kappa shape index (κ3) is 6.68. The molecule has 182 valence electrons. The number of carbonyl (C=O) groups excluding carboxylic acids is 2. The van der Waals surface area contributed by atoms with E-state index in [0.29, 0.717) is 26.3 Å². The van der Waals surface area contributed by atoms with Crippen LogP contribution in [0.2, 0.25) is 30.1 Å². The molecule has 0 radical (unpaired) electrons. The fourth-order valence-electron chi connectivity index (χ4n) is 2.83. The predicted molar refractivity (Wildman–Crippen MR) is 144 cm³/mol. The molecule has 0 fully saturated rings. The van der Waals surface area contributed by atoms with Gasteiger partial charge in [0.1, 0.15) is 0 Å². The fourth-order valence-corrected chi connectivity index (χ4v) is 4.94. The van der Waals surface area contributed by atoms with Crippen molar-refractivity contribution in [3.8, 4) is 0 Å². The molecular weight excluding hydrogens is 601 g/mol. The zero-order chi connectivity index (χ0) is 25.9. The molecule has 0 saturated carbocycles. The van der Waals surface area contributed by atoms with Gasteiger partial charge in [0.25, 0.3) is 5.91 Å². The Kier molecular flexibility index (Phi) is 9.46. The lowest BCUT2D eigenvalue weighted by molar-refractivity contribution is -0.113. The molecule has 35 heavy (non-hydrogen) atoms. The minimum Gasteiger partial charge on any atom is -0.478 e. The molecule has 0 bridgehead atoms. The van der Waals surface area contributed by atoms with E-state index >= 15 is 0 Å². The molecule has 3 N–H and O–H groups in total. The number of hydrogen-bond acceptors (Lipinski definition) is 4. The number of nitrogens with one attached hydrogen (secondary N) is 2. The Balaban J connectivity index is 1.75. The highest BCUT2D eigenvalue weighted by Gasteiger charge is 2.29. The zero-order valence-electron chi connectivity index (χ0n) is 17.1. The van der Waals surface area contributed by atoms with Crippen LogP contribution in [0.4, 0.5) is 11.4 Å². The highest BCUT2D eigenvalue weighted by molar-refractivity contribution is 8.00. The molecular formula is C22H12Cl6N2O4S. The first-order valence-electron chi connectivity index (χ1n) is 9.38. The van der Waals surface area contributed by atoms with Crippen molar-refractivity contribution >= 4 is 111 Å². The molecule has 0 spiro atoms. The molecule has 0 aliphatic heterocycles. The van der Waals surface area contributed by atoms with Gasteiger partial charge in [0.15, 0.2) is 0 Å². The highest BCUT2D eigenvalue weighted by atomic mass is 35.5. The monoisotopic (exact) mass is 610 g/mol. The Morgan fingerprint density at radius 3 is 2.11 bits per heavy atom. The van der Waals surface area contributed by atoms with Crippen LogP contribution in [0.5, 0.6) is 0 Å². The maximum absolute atomic E-state index is 12.9. The van der Waals surface area contributed by atoms with Gasteiger partial charge in [0, 0.05) is 15.6 Å². The van der Waals surface area contributed by atoms with Crippen LogP contribution in [0.15, 0.2) is 47.4 Å². The predicted octanol–water partition coefficient (Wildman–Crippen LogP) is 8.29. The molecule has 0 aliphatic rings. The lowest BCUT2D eigenvalue weighted by Crippen LogP contribution is -2.18. The largest absolute Gasteiger partial charge is 0.478 e. The lowest BCUT2D eigenvalue weighted by Gasteiger charge is -2.14. The Morgan fingerprint density at radius 2 is 1.46 bits per heavy atom. The standard InChI is InChI=1S/C22H12Cl6N2O4S/c23-9-4-5-12(24)13(6-9)30-14(31)8-35-11-3-1-2-10(7-11)29-21(32)15-16(22(33)34)18(26)20(28)19(27)17(15)25/h1-7H,8H2,(H,29,32)(H,30,31)(H,33,34). The van der Waals surface area contributed by atoms with Crippen LogP contribution in [-0.4, -0.2) is 28.6 Å². The molecule has 0 unspecified atom stereocenters. The molecule has 2 amide bonds. The third-order valence-corrected chi connectivity index (χ3v) is 7.73. The van der Waals surface area contributed by atoms with Crippen LogP contribution >= 0.6 is 81.4 Å². The van der Waals surface area contributed by atoms with E-state index in [1.165, 1.54) is 17.8 Å². The molecule has 6 nitrogen and oxygen atoms in total. The molecule has 0 saturated heterocycles. The third-order valence-electron chi connectivity index (χ3n) is 4.37. The molecule has 3 rings (SSSR count). The maximum atomic E-state index is 12.9. The number of hydrogen-bond donors (Lipinski definition) is 3. The Bertz CT molecular complexity index is 1350. The van der Waals surface area contributed by atoms with Gasteiger partial charge in [-0.3, -0.25) is 9.59 Å². The molecule has 0 heterocycles. The van der Waals surface area contributed by atoms with E-state index in [0.717, 1.165) is 0 Å². The summed E-state index contributed by atoms with van der Waals surface area (Å²) < 4.78 is 0. The molecule has 0 aliphatic carbocycles. The Morgan fingerprint density at radius 1 is 0.800 bits per heavy atom. The molecule has 3 aromatic rings. The van der Waals surface area contributed by atoms with E-state index in [9.17, 15) is 19.5 Å². The van der Waals surface area contributed by atoms with Gasteiger partial charge in [-0.15, -0.1) is 11.8 Å². The number of carboxylic acids is 1. The van der Waals surface area contributed by atoms with Crippen molar-refractivity contribution in [1.82, 2.24) is 0 Å². The van der Waals surface area contributed by atoms with Crippen LogP contribution < -0.4 is 10.6 Å². The van der Waals surface area contributed by atoms with Crippen molar-refractivity contribution in [3.05, 3.63) is 83.7 Å².